The largest absolute Gasteiger partial charge is 0.394 e. The van der Waals surface area contributed by atoms with Gasteiger partial charge in [-0.1, -0.05) is 28.9 Å². The summed E-state index contributed by atoms with van der Waals surface area (Å²) >= 11 is 5.83. The van der Waals surface area contributed by atoms with E-state index in [1.807, 2.05) is 0 Å². The van der Waals surface area contributed by atoms with Crippen LogP contribution >= 0.6 is 11.6 Å². The summed E-state index contributed by atoms with van der Waals surface area (Å²) in [6, 6.07) is 11.5. The first kappa shape index (κ1) is 23.8. The van der Waals surface area contributed by atoms with Crippen LogP contribution in [0.1, 0.15) is 19.3 Å². The Bertz CT molecular complexity index is 1190. The van der Waals surface area contributed by atoms with Crippen LogP contribution in [0.15, 0.2) is 59.6 Å². The van der Waals surface area contributed by atoms with E-state index in [9.17, 15) is 17.9 Å². The van der Waals surface area contributed by atoms with E-state index in [2.05, 4.69) is 15.0 Å². The van der Waals surface area contributed by atoms with Crippen LogP contribution in [0.5, 0.6) is 0 Å². The van der Waals surface area contributed by atoms with Gasteiger partial charge < -0.3 is 9.84 Å². The van der Waals surface area contributed by atoms with Gasteiger partial charge in [0, 0.05) is 17.1 Å². The second-order valence-electron chi connectivity index (χ2n) is 7.90. The zero-order valence-electron chi connectivity index (χ0n) is 17.6. The number of aryl methyl sites for hydroxylation is 1. The SMILES string of the molecule is O=S(=O)(N[C@H]1CC[C@H](CCn2cc(-c3cccc(F)c3)nn2)O[C@@H]1CO)c1ccc(Cl)cc1. The van der Waals surface area contributed by atoms with Crippen molar-refractivity contribution in [3.05, 3.63) is 65.6 Å². The summed E-state index contributed by atoms with van der Waals surface area (Å²) in [5.41, 5.74) is 1.22. The highest BCUT2D eigenvalue weighted by Crippen LogP contribution is 2.25. The fraction of sp³-hybridized carbons (Fsp3) is 0.364. The molecule has 0 saturated carbocycles. The quantitative estimate of drug-likeness (QED) is 0.498. The first-order valence-electron chi connectivity index (χ1n) is 10.5. The number of aliphatic hydroxyl groups is 1. The van der Waals surface area contributed by atoms with Gasteiger partial charge in [0.05, 0.1) is 35.9 Å². The number of rotatable bonds is 8. The Balaban J connectivity index is 1.33. The van der Waals surface area contributed by atoms with Gasteiger partial charge in [-0.3, -0.25) is 4.68 Å². The van der Waals surface area contributed by atoms with Crippen molar-refractivity contribution >= 4 is 21.6 Å². The third-order valence-corrected chi connectivity index (χ3v) is 7.32. The third kappa shape index (κ3) is 5.96. The highest BCUT2D eigenvalue weighted by molar-refractivity contribution is 7.89. The van der Waals surface area contributed by atoms with Crippen molar-refractivity contribution in [2.24, 2.45) is 0 Å². The number of aliphatic hydroxyl groups excluding tert-OH is 1. The van der Waals surface area contributed by atoms with Crippen LogP contribution in [0.4, 0.5) is 4.39 Å². The topological polar surface area (TPSA) is 106 Å². The van der Waals surface area contributed by atoms with Crippen molar-refractivity contribution in [1.82, 2.24) is 19.7 Å². The molecule has 1 saturated heterocycles. The van der Waals surface area contributed by atoms with Gasteiger partial charge >= 0.3 is 0 Å². The molecule has 1 aromatic heterocycles. The number of ether oxygens (including phenoxy) is 1. The van der Waals surface area contributed by atoms with Crippen molar-refractivity contribution in [2.45, 2.75) is 49.0 Å². The van der Waals surface area contributed by atoms with E-state index in [0.29, 0.717) is 42.1 Å². The first-order valence-corrected chi connectivity index (χ1v) is 12.4. The molecule has 11 heteroatoms. The molecule has 2 N–H and O–H groups in total. The van der Waals surface area contributed by atoms with E-state index in [1.165, 1.54) is 36.4 Å². The number of nitrogens with zero attached hydrogens (tertiary/aromatic N) is 3. The molecule has 1 aliphatic rings. The van der Waals surface area contributed by atoms with Crippen molar-refractivity contribution in [3.63, 3.8) is 0 Å². The molecule has 0 radical (unpaired) electrons. The molecule has 0 amide bonds. The van der Waals surface area contributed by atoms with E-state index in [4.69, 9.17) is 16.3 Å². The Kier molecular flexibility index (Phi) is 7.40. The lowest BCUT2D eigenvalue weighted by Gasteiger charge is -2.36. The molecule has 3 atom stereocenters. The van der Waals surface area contributed by atoms with Crippen molar-refractivity contribution in [3.8, 4) is 11.3 Å². The van der Waals surface area contributed by atoms with Crippen LogP contribution in [0, 0.1) is 5.82 Å². The van der Waals surface area contributed by atoms with Gasteiger partial charge in [0.15, 0.2) is 0 Å². The molecule has 2 aromatic carbocycles. The molecular formula is C22H24ClFN4O4S. The van der Waals surface area contributed by atoms with Gasteiger partial charge in [0.1, 0.15) is 11.5 Å². The van der Waals surface area contributed by atoms with Crippen LogP contribution in [-0.2, 0) is 21.3 Å². The monoisotopic (exact) mass is 494 g/mol. The molecule has 4 rings (SSSR count). The lowest BCUT2D eigenvalue weighted by Crippen LogP contribution is -2.50. The van der Waals surface area contributed by atoms with Gasteiger partial charge in [0.2, 0.25) is 10.0 Å². The van der Waals surface area contributed by atoms with Gasteiger partial charge in [-0.2, -0.15) is 0 Å². The van der Waals surface area contributed by atoms with E-state index in [1.54, 1.807) is 23.0 Å². The summed E-state index contributed by atoms with van der Waals surface area (Å²) in [5, 5.41) is 18.4. The zero-order valence-corrected chi connectivity index (χ0v) is 19.2. The van der Waals surface area contributed by atoms with Gasteiger partial charge in [-0.15, -0.1) is 5.10 Å². The number of benzene rings is 2. The Hall–Kier alpha value is -2.37. The molecule has 176 valence electrons. The maximum atomic E-state index is 13.4. The summed E-state index contributed by atoms with van der Waals surface area (Å²) in [4.78, 5) is 0.103. The fourth-order valence-electron chi connectivity index (χ4n) is 3.82. The first-order chi connectivity index (χ1) is 15.8. The molecule has 0 aliphatic carbocycles. The standard InChI is InChI=1S/C22H24ClFN4O4S/c23-16-4-7-19(8-5-16)33(30,31)26-20-9-6-18(32-22(20)14-29)10-11-28-13-21(25-27-28)15-2-1-3-17(24)12-15/h1-5,7-8,12-13,18,20,22,26,29H,6,9-11,14H2/t18-,20+,22-/m1/s1. The van der Waals surface area contributed by atoms with Crippen LogP contribution in [0.3, 0.4) is 0 Å². The predicted molar refractivity (Wildman–Crippen MR) is 121 cm³/mol. The number of nitrogens with one attached hydrogen (secondary N) is 1. The van der Waals surface area contributed by atoms with Crippen molar-refractivity contribution < 1.29 is 22.7 Å². The number of hydrogen-bond donors (Lipinski definition) is 2. The molecule has 33 heavy (non-hydrogen) atoms. The average molecular weight is 495 g/mol. The second-order valence-corrected chi connectivity index (χ2v) is 10.1. The molecule has 1 aliphatic heterocycles. The molecule has 2 heterocycles. The van der Waals surface area contributed by atoms with Crippen LogP contribution in [0.25, 0.3) is 11.3 Å². The molecule has 0 spiro atoms. The van der Waals surface area contributed by atoms with Crippen molar-refractivity contribution in [2.75, 3.05) is 6.61 Å². The summed E-state index contributed by atoms with van der Waals surface area (Å²) in [6.07, 6.45) is 2.66. The van der Waals surface area contributed by atoms with Gasteiger partial charge in [-0.05, 0) is 55.7 Å². The molecule has 0 bridgehead atoms. The molecular weight excluding hydrogens is 471 g/mol. The van der Waals surface area contributed by atoms with Gasteiger partial charge in [0.25, 0.3) is 0 Å². The minimum Gasteiger partial charge on any atom is -0.394 e. The Labute approximate surface area is 196 Å². The second kappa shape index (κ2) is 10.3. The molecule has 3 aromatic rings. The van der Waals surface area contributed by atoms with Crippen molar-refractivity contribution in [1.29, 1.82) is 0 Å². The minimum atomic E-state index is -3.77. The molecule has 8 nitrogen and oxygen atoms in total. The van der Waals surface area contributed by atoms with E-state index in [0.717, 1.165) is 0 Å². The van der Waals surface area contributed by atoms with Crippen LogP contribution in [0.2, 0.25) is 5.02 Å². The minimum absolute atomic E-state index is 0.103. The molecule has 1 fully saturated rings. The molecule has 0 unspecified atom stereocenters. The van der Waals surface area contributed by atoms with Crippen LogP contribution < -0.4 is 4.72 Å². The predicted octanol–water partition coefficient (Wildman–Crippen LogP) is 3.01. The Morgan fingerprint density at radius 2 is 2.00 bits per heavy atom. The summed E-state index contributed by atoms with van der Waals surface area (Å²) in [7, 11) is -3.77. The van der Waals surface area contributed by atoms with E-state index >= 15 is 0 Å². The fourth-order valence-corrected chi connectivity index (χ4v) is 5.25. The number of hydrogen-bond acceptors (Lipinski definition) is 6. The van der Waals surface area contributed by atoms with Crippen LogP contribution in [-0.4, -0.2) is 53.4 Å². The summed E-state index contributed by atoms with van der Waals surface area (Å²) in [5.74, 6) is -0.339. The van der Waals surface area contributed by atoms with E-state index in [-0.39, 0.29) is 23.4 Å². The Morgan fingerprint density at radius 1 is 1.21 bits per heavy atom. The highest BCUT2D eigenvalue weighted by Gasteiger charge is 2.34. The van der Waals surface area contributed by atoms with E-state index < -0.39 is 22.2 Å². The number of sulfonamides is 1. The van der Waals surface area contributed by atoms with Gasteiger partial charge in [-0.25, -0.2) is 17.5 Å². The maximum absolute atomic E-state index is 13.4. The maximum Gasteiger partial charge on any atom is 0.240 e. The number of aromatic nitrogens is 3. The smallest absolute Gasteiger partial charge is 0.240 e. The lowest BCUT2D eigenvalue weighted by molar-refractivity contribution is -0.0891. The zero-order chi connectivity index (χ0) is 23.4. The Morgan fingerprint density at radius 3 is 2.73 bits per heavy atom. The number of halogens is 2. The normalized spacial score (nSPS) is 21.2. The summed E-state index contributed by atoms with van der Waals surface area (Å²) < 4.78 is 49.0. The highest BCUT2D eigenvalue weighted by atomic mass is 35.5. The average Bonchev–Trinajstić information content (AvgIpc) is 3.28. The summed E-state index contributed by atoms with van der Waals surface area (Å²) in [6.45, 7) is 0.212. The lowest BCUT2D eigenvalue weighted by atomic mass is 9.98. The third-order valence-electron chi connectivity index (χ3n) is 5.57.